The van der Waals surface area contributed by atoms with Gasteiger partial charge in [-0.15, -0.1) is 10.2 Å². The summed E-state index contributed by atoms with van der Waals surface area (Å²) in [5, 5.41) is 12.0. The normalized spacial score (nSPS) is 17.9. The second kappa shape index (κ2) is 6.33. The highest BCUT2D eigenvalue weighted by Crippen LogP contribution is 2.14. The second-order valence-corrected chi connectivity index (χ2v) is 5.75. The topological polar surface area (TPSA) is 45.5 Å². The maximum absolute atomic E-state index is 4.26. The number of rotatable bonds is 5. The Morgan fingerprint density at radius 1 is 1.25 bits per heavy atom. The van der Waals surface area contributed by atoms with Crippen molar-refractivity contribution in [3.05, 3.63) is 30.2 Å². The number of pyridine rings is 1. The maximum atomic E-state index is 4.26. The molecule has 2 aromatic rings. The minimum absolute atomic E-state index is 0.835. The number of likely N-dealkylation sites (tertiary alicyclic amines) is 1. The van der Waals surface area contributed by atoms with Gasteiger partial charge in [-0.25, -0.2) is 0 Å². The van der Waals surface area contributed by atoms with E-state index in [2.05, 4.69) is 31.9 Å². The number of nitrogens with one attached hydrogen (secondary N) is 1. The fourth-order valence-corrected chi connectivity index (χ4v) is 2.83. The van der Waals surface area contributed by atoms with Crippen LogP contribution in [0.1, 0.15) is 18.7 Å². The van der Waals surface area contributed by atoms with Gasteiger partial charge in [-0.1, -0.05) is 6.07 Å². The first-order valence-electron chi connectivity index (χ1n) is 7.51. The monoisotopic (exact) mass is 273 g/mol. The van der Waals surface area contributed by atoms with E-state index < -0.39 is 0 Å². The van der Waals surface area contributed by atoms with Crippen molar-refractivity contribution in [2.45, 2.75) is 19.3 Å². The quantitative estimate of drug-likeness (QED) is 0.832. The van der Waals surface area contributed by atoms with Gasteiger partial charge in [0.15, 0.2) is 5.65 Å². The third-order valence-corrected chi connectivity index (χ3v) is 4.18. The molecule has 5 heteroatoms. The Morgan fingerprint density at radius 2 is 2.10 bits per heavy atom. The minimum Gasteiger partial charge on any atom is -0.316 e. The molecular formula is C15H23N5. The zero-order valence-corrected chi connectivity index (χ0v) is 12.1. The first-order valence-corrected chi connectivity index (χ1v) is 7.51. The highest BCUT2D eigenvalue weighted by Gasteiger charge is 2.15. The van der Waals surface area contributed by atoms with Crippen LogP contribution in [-0.2, 0) is 6.42 Å². The van der Waals surface area contributed by atoms with Crippen molar-refractivity contribution in [3.8, 4) is 0 Å². The molecule has 1 aliphatic heterocycles. The van der Waals surface area contributed by atoms with E-state index >= 15 is 0 Å². The number of aromatic nitrogens is 3. The van der Waals surface area contributed by atoms with E-state index in [0.29, 0.717) is 0 Å². The maximum Gasteiger partial charge on any atom is 0.160 e. The van der Waals surface area contributed by atoms with Crippen LogP contribution in [0.3, 0.4) is 0 Å². The van der Waals surface area contributed by atoms with E-state index in [1.54, 1.807) is 0 Å². The molecule has 0 radical (unpaired) electrons. The second-order valence-electron chi connectivity index (χ2n) is 5.75. The summed E-state index contributed by atoms with van der Waals surface area (Å²) in [6.45, 7) is 4.58. The molecule has 3 heterocycles. The smallest absolute Gasteiger partial charge is 0.160 e. The van der Waals surface area contributed by atoms with Crippen LogP contribution in [0.15, 0.2) is 24.4 Å². The van der Waals surface area contributed by atoms with Gasteiger partial charge < -0.3 is 10.2 Å². The first-order chi connectivity index (χ1) is 9.83. The summed E-state index contributed by atoms with van der Waals surface area (Å²) >= 11 is 0. The van der Waals surface area contributed by atoms with E-state index in [4.69, 9.17) is 0 Å². The summed E-state index contributed by atoms with van der Waals surface area (Å²) in [5.74, 6) is 1.87. The average molecular weight is 273 g/mol. The molecule has 1 N–H and O–H groups in total. The Bertz CT molecular complexity index is 542. The van der Waals surface area contributed by atoms with Gasteiger partial charge >= 0.3 is 0 Å². The summed E-state index contributed by atoms with van der Waals surface area (Å²) in [5.41, 5.74) is 0.929. The molecule has 0 amide bonds. The number of hydrogen-bond acceptors (Lipinski definition) is 4. The molecule has 108 valence electrons. The summed E-state index contributed by atoms with van der Waals surface area (Å²) in [4.78, 5) is 2.42. The van der Waals surface area contributed by atoms with Crippen LogP contribution in [0.5, 0.6) is 0 Å². The average Bonchev–Trinajstić information content (AvgIpc) is 2.89. The van der Waals surface area contributed by atoms with Gasteiger partial charge in [-0.3, -0.25) is 4.40 Å². The molecule has 3 rings (SSSR count). The van der Waals surface area contributed by atoms with Crippen molar-refractivity contribution < 1.29 is 0 Å². The molecule has 2 aromatic heterocycles. The molecule has 0 atom stereocenters. The number of fused-ring (bicyclic) bond motifs is 1. The standard InChI is InChI=1S/C15H23N5/c1-19-10-6-13(7-11-19)12-16-8-5-15-18-17-14-4-2-3-9-20(14)15/h2-4,9,13,16H,5-8,10-12H2,1H3. The van der Waals surface area contributed by atoms with Crippen LogP contribution in [0.25, 0.3) is 5.65 Å². The van der Waals surface area contributed by atoms with Gasteiger partial charge in [-0.2, -0.15) is 0 Å². The lowest BCUT2D eigenvalue weighted by atomic mass is 9.97. The molecule has 0 unspecified atom stereocenters. The van der Waals surface area contributed by atoms with Gasteiger partial charge in [-0.05, 0) is 57.6 Å². The van der Waals surface area contributed by atoms with E-state index in [1.165, 1.54) is 25.9 Å². The van der Waals surface area contributed by atoms with Gasteiger partial charge in [0, 0.05) is 19.2 Å². The van der Waals surface area contributed by atoms with E-state index in [9.17, 15) is 0 Å². The van der Waals surface area contributed by atoms with Gasteiger partial charge in [0.2, 0.25) is 0 Å². The van der Waals surface area contributed by atoms with Crippen LogP contribution in [0, 0.1) is 5.92 Å². The summed E-state index contributed by atoms with van der Waals surface area (Å²) < 4.78 is 2.07. The Kier molecular flexibility index (Phi) is 4.28. The molecule has 0 bridgehead atoms. The fourth-order valence-electron chi connectivity index (χ4n) is 2.83. The molecular weight excluding hydrogens is 250 g/mol. The van der Waals surface area contributed by atoms with Crippen molar-refractivity contribution in [1.29, 1.82) is 0 Å². The third kappa shape index (κ3) is 3.16. The largest absolute Gasteiger partial charge is 0.316 e. The third-order valence-electron chi connectivity index (χ3n) is 4.18. The Balaban J connectivity index is 1.44. The predicted molar refractivity (Wildman–Crippen MR) is 79.8 cm³/mol. The van der Waals surface area contributed by atoms with Crippen molar-refractivity contribution >= 4 is 5.65 Å². The molecule has 0 saturated carbocycles. The highest BCUT2D eigenvalue weighted by molar-refractivity contribution is 5.36. The molecule has 20 heavy (non-hydrogen) atoms. The fraction of sp³-hybridized carbons (Fsp3) is 0.600. The van der Waals surface area contributed by atoms with Gasteiger partial charge in [0.1, 0.15) is 5.82 Å². The predicted octanol–water partition coefficient (Wildman–Crippen LogP) is 1.20. The van der Waals surface area contributed by atoms with Crippen LogP contribution >= 0.6 is 0 Å². The zero-order valence-electron chi connectivity index (χ0n) is 12.1. The van der Waals surface area contributed by atoms with Crippen molar-refractivity contribution in [3.63, 3.8) is 0 Å². The summed E-state index contributed by atoms with van der Waals surface area (Å²) in [6.07, 6.45) is 5.59. The highest BCUT2D eigenvalue weighted by atomic mass is 15.2. The number of hydrogen-bond donors (Lipinski definition) is 1. The van der Waals surface area contributed by atoms with Crippen molar-refractivity contribution in [1.82, 2.24) is 24.8 Å². The van der Waals surface area contributed by atoms with Gasteiger partial charge in [0.05, 0.1) is 0 Å². The molecule has 5 nitrogen and oxygen atoms in total. The van der Waals surface area contributed by atoms with Crippen LogP contribution in [-0.4, -0.2) is 52.7 Å². The Hall–Kier alpha value is -1.46. The number of nitrogens with zero attached hydrogens (tertiary/aromatic N) is 4. The van der Waals surface area contributed by atoms with E-state index in [0.717, 1.165) is 36.9 Å². The van der Waals surface area contributed by atoms with Gasteiger partial charge in [0.25, 0.3) is 0 Å². The van der Waals surface area contributed by atoms with E-state index in [1.807, 2.05) is 24.4 Å². The molecule has 0 spiro atoms. The van der Waals surface area contributed by atoms with Crippen molar-refractivity contribution in [2.75, 3.05) is 33.2 Å². The van der Waals surface area contributed by atoms with Crippen LogP contribution < -0.4 is 5.32 Å². The SMILES string of the molecule is CN1CCC(CNCCc2nnc3ccccn23)CC1. The Labute approximate surface area is 120 Å². The summed E-state index contributed by atoms with van der Waals surface area (Å²) in [6, 6.07) is 6.00. The molecule has 1 fully saturated rings. The lowest BCUT2D eigenvalue weighted by molar-refractivity contribution is 0.216. The Morgan fingerprint density at radius 3 is 2.95 bits per heavy atom. The lowest BCUT2D eigenvalue weighted by Crippen LogP contribution is -2.35. The molecule has 0 aliphatic carbocycles. The number of piperidine rings is 1. The van der Waals surface area contributed by atoms with E-state index in [-0.39, 0.29) is 0 Å². The molecule has 0 aromatic carbocycles. The minimum atomic E-state index is 0.835. The first kappa shape index (κ1) is 13.5. The summed E-state index contributed by atoms with van der Waals surface area (Å²) in [7, 11) is 2.21. The molecule has 1 saturated heterocycles. The zero-order chi connectivity index (χ0) is 13.8. The lowest BCUT2D eigenvalue weighted by Gasteiger charge is -2.29. The van der Waals surface area contributed by atoms with Crippen LogP contribution in [0.2, 0.25) is 0 Å². The molecule has 1 aliphatic rings. The van der Waals surface area contributed by atoms with Crippen LogP contribution in [0.4, 0.5) is 0 Å². The van der Waals surface area contributed by atoms with Crippen molar-refractivity contribution in [2.24, 2.45) is 5.92 Å².